The summed E-state index contributed by atoms with van der Waals surface area (Å²) in [4.78, 5) is 26.9. The Bertz CT molecular complexity index is 819. The van der Waals surface area contributed by atoms with Crippen LogP contribution in [-0.4, -0.2) is 46.3 Å². The highest BCUT2D eigenvalue weighted by Crippen LogP contribution is 2.22. The van der Waals surface area contributed by atoms with Gasteiger partial charge in [0.05, 0.1) is 17.1 Å². The van der Waals surface area contributed by atoms with Crippen LogP contribution in [0.5, 0.6) is 0 Å². The molecular formula is C21H27N3O3. The predicted octanol–water partition coefficient (Wildman–Crippen LogP) is 3.15. The van der Waals surface area contributed by atoms with Crippen LogP contribution in [0.25, 0.3) is 5.69 Å². The summed E-state index contributed by atoms with van der Waals surface area (Å²) in [5, 5.41) is 4.46. The van der Waals surface area contributed by atoms with Crippen LogP contribution < -0.4 is 0 Å². The monoisotopic (exact) mass is 369 g/mol. The Balaban J connectivity index is 1.68. The largest absolute Gasteiger partial charge is 0.452 e. The van der Waals surface area contributed by atoms with Crippen LogP contribution in [0.2, 0.25) is 0 Å². The smallest absolute Gasteiger partial charge is 0.342 e. The molecule has 1 aliphatic heterocycles. The summed E-state index contributed by atoms with van der Waals surface area (Å²) < 4.78 is 7.06. The summed E-state index contributed by atoms with van der Waals surface area (Å²) in [7, 11) is 0. The van der Waals surface area contributed by atoms with Gasteiger partial charge in [-0.25, -0.2) is 9.48 Å². The van der Waals surface area contributed by atoms with E-state index in [9.17, 15) is 9.59 Å². The normalized spacial score (nSPS) is 19.8. The van der Waals surface area contributed by atoms with Crippen molar-refractivity contribution in [2.45, 2.75) is 34.1 Å². The van der Waals surface area contributed by atoms with Gasteiger partial charge in [-0.2, -0.15) is 5.10 Å². The molecule has 1 aromatic carbocycles. The third-order valence-electron chi connectivity index (χ3n) is 5.04. The first-order chi connectivity index (χ1) is 12.9. The van der Waals surface area contributed by atoms with E-state index in [1.165, 1.54) is 0 Å². The van der Waals surface area contributed by atoms with E-state index in [4.69, 9.17) is 4.74 Å². The van der Waals surface area contributed by atoms with Crippen molar-refractivity contribution in [1.29, 1.82) is 0 Å². The summed E-state index contributed by atoms with van der Waals surface area (Å²) in [5.41, 5.74) is 2.60. The second kappa shape index (κ2) is 7.94. The molecule has 2 atom stereocenters. The summed E-state index contributed by atoms with van der Waals surface area (Å²) >= 11 is 0. The number of likely N-dealkylation sites (tertiary alicyclic amines) is 1. The Labute approximate surface area is 160 Å². The first-order valence-corrected chi connectivity index (χ1v) is 9.43. The Hall–Kier alpha value is -2.63. The molecule has 1 aromatic heterocycles. The van der Waals surface area contributed by atoms with Gasteiger partial charge < -0.3 is 9.64 Å². The molecule has 1 fully saturated rings. The third-order valence-corrected chi connectivity index (χ3v) is 5.04. The fraction of sp³-hybridized carbons (Fsp3) is 0.476. The van der Waals surface area contributed by atoms with Crippen molar-refractivity contribution in [1.82, 2.24) is 14.7 Å². The maximum absolute atomic E-state index is 12.6. The van der Waals surface area contributed by atoms with Crippen molar-refractivity contribution in [3.05, 3.63) is 47.3 Å². The molecule has 0 spiro atoms. The van der Waals surface area contributed by atoms with E-state index in [2.05, 4.69) is 18.9 Å². The average Bonchev–Trinajstić information content (AvgIpc) is 2.93. The van der Waals surface area contributed by atoms with E-state index in [1.54, 1.807) is 16.5 Å². The number of aromatic nitrogens is 2. The Morgan fingerprint density at radius 3 is 2.37 bits per heavy atom. The molecule has 144 valence electrons. The zero-order valence-electron chi connectivity index (χ0n) is 16.4. The SMILES string of the molecule is Cc1nn(-c2ccccc2)c(C)c1C(=O)OCC(=O)N1C[C@@H](C)C[C@H](C)C1. The minimum Gasteiger partial charge on any atom is -0.452 e. The number of aryl methyl sites for hydroxylation is 1. The quantitative estimate of drug-likeness (QED) is 0.777. The molecule has 0 aliphatic carbocycles. The van der Waals surface area contributed by atoms with Gasteiger partial charge in [0.2, 0.25) is 0 Å². The van der Waals surface area contributed by atoms with Gasteiger partial charge in [0.1, 0.15) is 5.56 Å². The maximum atomic E-state index is 12.6. The van der Waals surface area contributed by atoms with Gasteiger partial charge in [0.25, 0.3) is 5.91 Å². The Kier molecular flexibility index (Phi) is 5.63. The molecule has 0 bridgehead atoms. The lowest BCUT2D eigenvalue weighted by Crippen LogP contribution is -2.44. The molecule has 0 N–H and O–H groups in total. The van der Waals surface area contributed by atoms with E-state index >= 15 is 0 Å². The number of carbonyl (C=O) groups is 2. The summed E-state index contributed by atoms with van der Waals surface area (Å²) in [6.45, 7) is 9.13. The number of para-hydroxylation sites is 1. The lowest BCUT2D eigenvalue weighted by atomic mass is 9.92. The molecule has 2 aromatic rings. The molecule has 2 heterocycles. The number of nitrogens with zero attached hydrogens (tertiary/aromatic N) is 3. The highest BCUT2D eigenvalue weighted by Gasteiger charge is 2.27. The van der Waals surface area contributed by atoms with Crippen molar-refractivity contribution in [3.8, 4) is 5.69 Å². The molecule has 1 aliphatic rings. The standard InChI is InChI=1S/C21H27N3O3/c1-14-10-15(2)12-23(11-14)19(25)13-27-21(26)20-16(3)22-24(17(20)4)18-8-6-5-7-9-18/h5-9,14-15H,10-13H2,1-4H3/t14-,15-/m0/s1. The molecule has 1 saturated heterocycles. The van der Waals surface area contributed by atoms with E-state index in [0.717, 1.165) is 25.2 Å². The minimum absolute atomic E-state index is 0.132. The number of rotatable bonds is 4. The highest BCUT2D eigenvalue weighted by molar-refractivity contribution is 5.93. The van der Waals surface area contributed by atoms with Crippen molar-refractivity contribution in [3.63, 3.8) is 0 Å². The van der Waals surface area contributed by atoms with Crippen molar-refractivity contribution < 1.29 is 14.3 Å². The van der Waals surface area contributed by atoms with Gasteiger partial charge in [-0.1, -0.05) is 32.0 Å². The molecule has 6 heteroatoms. The van der Waals surface area contributed by atoms with Gasteiger partial charge in [0.15, 0.2) is 6.61 Å². The lowest BCUT2D eigenvalue weighted by Gasteiger charge is -2.34. The van der Waals surface area contributed by atoms with E-state index in [1.807, 2.05) is 37.3 Å². The summed E-state index contributed by atoms with van der Waals surface area (Å²) in [6, 6.07) is 9.62. The fourth-order valence-corrected chi connectivity index (χ4v) is 3.92. The summed E-state index contributed by atoms with van der Waals surface area (Å²) in [5.74, 6) is 0.315. The van der Waals surface area contributed by atoms with Crippen LogP contribution in [-0.2, 0) is 9.53 Å². The van der Waals surface area contributed by atoms with Gasteiger partial charge in [0, 0.05) is 13.1 Å². The van der Waals surface area contributed by atoms with Gasteiger partial charge >= 0.3 is 5.97 Å². The molecular weight excluding hydrogens is 342 g/mol. The third kappa shape index (κ3) is 4.21. The first-order valence-electron chi connectivity index (χ1n) is 9.43. The fourth-order valence-electron chi connectivity index (χ4n) is 3.92. The van der Waals surface area contributed by atoms with Crippen molar-refractivity contribution >= 4 is 11.9 Å². The Morgan fingerprint density at radius 1 is 1.11 bits per heavy atom. The molecule has 0 radical (unpaired) electrons. The van der Waals surface area contributed by atoms with Crippen LogP contribution in [0.4, 0.5) is 0 Å². The van der Waals surface area contributed by atoms with Crippen LogP contribution in [0.1, 0.15) is 42.0 Å². The van der Waals surface area contributed by atoms with Gasteiger partial charge in [-0.3, -0.25) is 4.79 Å². The van der Waals surface area contributed by atoms with Crippen molar-refractivity contribution in [2.24, 2.45) is 11.8 Å². The van der Waals surface area contributed by atoms with E-state index < -0.39 is 5.97 Å². The van der Waals surface area contributed by atoms with Crippen molar-refractivity contribution in [2.75, 3.05) is 19.7 Å². The predicted molar refractivity (Wildman–Crippen MR) is 103 cm³/mol. The highest BCUT2D eigenvalue weighted by atomic mass is 16.5. The van der Waals surface area contributed by atoms with Gasteiger partial charge in [-0.15, -0.1) is 0 Å². The number of carbonyl (C=O) groups excluding carboxylic acids is 2. The van der Waals surface area contributed by atoms with Crippen LogP contribution in [0.3, 0.4) is 0 Å². The lowest BCUT2D eigenvalue weighted by molar-refractivity contribution is -0.137. The molecule has 6 nitrogen and oxygen atoms in total. The van der Waals surface area contributed by atoms with E-state index in [0.29, 0.717) is 28.8 Å². The van der Waals surface area contributed by atoms with Crippen LogP contribution >= 0.6 is 0 Å². The maximum Gasteiger partial charge on any atom is 0.342 e. The molecule has 1 amide bonds. The zero-order valence-corrected chi connectivity index (χ0v) is 16.4. The molecule has 3 rings (SSSR count). The molecule has 0 unspecified atom stereocenters. The second-order valence-corrected chi connectivity index (χ2v) is 7.61. The van der Waals surface area contributed by atoms with E-state index in [-0.39, 0.29) is 12.5 Å². The second-order valence-electron chi connectivity index (χ2n) is 7.61. The number of esters is 1. The van der Waals surface area contributed by atoms with Gasteiger partial charge in [-0.05, 0) is 44.2 Å². The number of benzene rings is 1. The summed E-state index contributed by atoms with van der Waals surface area (Å²) in [6.07, 6.45) is 1.13. The number of hydrogen-bond donors (Lipinski definition) is 0. The van der Waals surface area contributed by atoms with Crippen LogP contribution in [0.15, 0.2) is 30.3 Å². The Morgan fingerprint density at radius 2 is 1.74 bits per heavy atom. The zero-order chi connectivity index (χ0) is 19.6. The number of piperidine rings is 1. The molecule has 27 heavy (non-hydrogen) atoms. The minimum atomic E-state index is -0.501. The number of ether oxygens (including phenoxy) is 1. The first kappa shape index (κ1) is 19.1. The average molecular weight is 369 g/mol. The number of hydrogen-bond acceptors (Lipinski definition) is 4. The molecule has 0 saturated carbocycles. The van der Waals surface area contributed by atoms with Crippen LogP contribution in [0, 0.1) is 25.7 Å². The topological polar surface area (TPSA) is 64.4 Å². The number of amides is 1.